The van der Waals surface area contributed by atoms with Gasteiger partial charge in [0.25, 0.3) is 11.8 Å². The first-order chi connectivity index (χ1) is 13.5. The van der Waals surface area contributed by atoms with Crippen molar-refractivity contribution < 1.29 is 14.3 Å². The molecule has 0 fully saturated rings. The molecule has 0 bridgehead atoms. The van der Waals surface area contributed by atoms with E-state index < -0.39 is 5.91 Å². The number of hydrogen-bond donors (Lipinski definition) is 2. The fourth-order valence-electron chi connectivity index (χ4n) is 2.37. The van der Waals surface area contributed by atoms with Crippen molar-refractivity contribution in [3.8, 4) is 5.75 Å². The predicted octanol–water partition coefficient (Wildman–Crippen LogP) is 2.40. The summed E-state index contributed by atoms with van der Waals surface area (Å²) in [5.74, 6) is -0.205. The fraction of sp³-hybridized carbons (Fsp3) is 0.222. The molecule has 0 unspecified atom stereocenters. The lowest BCUT2D eigenvalue weighted by Crippen LogP contribution is -2.22. The second-order valence-corrected chi connectivity index (χ2v) is 6.18. The van der Waals surface area contributed by atoms with Crippen LogP contribution in [0.3, 0.4) is 0 Å². The highest BCUT2D eigenvalue weighted by Crippen LogP contribution is 2.17. The first-order valence-corrected chi connectivity index (χ1v) is 8.90. The highest BCUT2D eigenvalue weighted by Gasteiger charge is 2.19. The maximum Gasteiger partial charge on any atom is 0.276 e. The van der Waals surface area contributed by atoms with E-state index in [-0.39, 0.29) is 24.0 Å². The van der Waals surface area contributed by atoms with Crippen molar-refractivity contribution in [3.63, 3.8) is 0 Å². The molecule has 10 heteroatoms. The average Bonchev–Trinajstić information content (AvgIpc) is 3.34. The van der Waals surface area contributed by atoms with E-state index in [9.17, 15) is 9.59 Å². The molecule has 0 saturated heterocycles. The highest BCUT2D eigenvalue weighted by molar-refractivity contribution is 6.30. The van der Waals surface area contributed by atoms with Crippen molar-refractivity contribution in [1.82, 2.24) is 24.9 Å². The zero-order valence-electron chi connectivity index (χ0n) is 15.3. The monoisotopic (exact) mass is 402 g/mol. The van der Waals surface area contributed by atoms with E-state index in [4.69, 9.17) is 16.3 Å². The number of hydrogen-bond acceptors (Lipinski definition) is 5. The number of carbonyl (C=O) groups is 2. The third kappa shape index (κ3) is 4.49. The number of carbonyl (C=O) groups excluding carboxylic acids is 2. The Bertz CT molecular complexity index is 980. The van der Waals surface area contributed by atoms with Gasteiger partial charge in [0.2, 0.25) is 0 Å². The Labute approximate surface area is 166 Å². The molecule has 3 rings (SSSR count). The summed E-state index contributed by atoms with van der Waals surface area (Å²) in [4.78, 5) is 24.4. The van der Waals surface area contributed by atoms with Gasteiger partial charge in [-0.05, 0) is 37.3 Å². The molecule has 0 radical (unpaired) electrons. The minimum atomic E-state index is -0.453. The number of halogens is 1. The van der Waals surface area contributed by atoms with Gasteiger partial charge in [0.05, 0.1) is 5.69 Å². The molecule has 2 heterocycles. The van der Waals surface area contributed by atoms with Gasteiger partial charge in [-0.3, -0.25) is 14.3 Å². The molecule has 2 N–H and O–H groups in total. The van der Waals surface area contributed by atoms with E-state index in [2.05, 4.69) is 20.8 Å². The normalized spacial score (nSPS) is 10.5. The second-order valence-electron chi connectivity index (χ2n) is 5.75. The van der Waals surface area contributed by atoms with Crippen LogP contribution in [0.1, 0.15) is 27.9 Å². The largest absolute Gasteiger partial charge is 0.471 e. The van der Waals surface area contributed by atoms with Crippen molar-refractivity contribution in [2.45, 2.75) is 20.2 Å². The van der Waals surface area contributed by atoms with E-state index in [1.54, 1.807) is 47.4 Å². The Kier molecular flexibility index (Phi) is 5.95. The molecule has 3 aromatic rings. The van der Waals surface area contributed by atoms with Gasteiger partial charge in [0.15, 0.2) is 18.1 Å². The van der Waals surface area contributed by atoms with Gasteiger partial charge >= 0.3 is 0 Å². The average molecular weight is 403 g/mol. The third-order valence-corrected chi connectivity index (χ3v) is 4.08. The lowest BCUT2D eigenvalue weighted by molar-refractivity contribution is 0.0958. The van der Waals surface area contributed by atoms with Crippen LogP contribution < -0.4 is 15.4 Å². The van der Waals surface area contributed by atoms with Gasteiger partial charge in [0.1, 0.15) is 5.75 Å². The van der Waals surface area contributed by atoms with Crippen LogP contribution in [0, 0.1) is 0 Å². The van der Waals surface area contributed by atoms with Crippen LogP contribution in [0.5, 0.6) is 5.75 Å². The fourth-order valence-corrected chi connectivity index (χ4v) is 2.50. The van der Waals surface area contributed by atoms with E-state index in [0.717, 1.165) is 0 Å². The molecule has 0 aliphatic rings. The zero-order valence-corrected chi connectivity index (χ0v) is 16.1. The SMILES string of the molecule is CCn1cc(NC(=O)c2ccn(COc3ccc(Cl)cc3)n2)c(C(=O)NC)n1. The summed E-state index contributed by atoms with van der Waals surface area (Å²) < 4.78 is 8.64. The first kappa shape index (κ1) is 19.4. The van der Waals surface area contributed by atoms with Crippen LogP contribution in [-0.2, 0) is 13.3 Å². The zero-order chi connectivity index (χ0) is 20.1. The number of rotatable bonds is 7. The molecule has 2 amide bonds. The summed E-state index contributed by atoms with van der Waals surface area (Å²) in [5.41, 5.74) is 0.646. The maximum absolute atomic E-state index is 12.5. The topological polar surface area (TPSA) is 103 Å². The summed E-state index contributed by atoms with van der Waals surface area (Å²) in [7, 11) is 1.50. The number of nitrogens with zero attached hydrogens (tertiary/aromatic N) is 4. The van der Waals surface area contributed by atoms with Crippen LogP contribution in [0.15, 0.2) is 42.7 Å². The summed E-state index contributed by atoms with van der Waals surface area (Å²) in [6.45, 7) is 2.58. The maximum atomic E-state index is 12.5. The number of ether oxygens (including phenoxy) is 1. The highest BCUT2D eigenvalue weighted by atomic mass is 35.5. The van der Waals surface area contributed by atoms with E-state index in [1.807, 2.05) is 6.92 Å². The quantitative estimate of drug-likeness (QED) is 0.631. The molecular weight excluding hydrogens is 384 g/mol. The summed E-state index contributed by atoms with van der Waals surface area (Å²) in [6.07, 6.45) is 3.23. The smallest absolute Gasteiger partial charge is 0.276 e. The molecule has 28 heavy (non-hydrogen) atoms. The van der Waals surface area contributed by atoms with Crippen LogP contribution in [-0.4, -0.2) is 38.4 Å². The molecule has 146 valence electrons. The second kappa shape index (κ2) is 8.57. The Hall–Kier alpha value is -3.33. The summed E-state index contributed by atoms with van der Waals surface area (Å²) in [5, 5.41) is 14.1. The van der Waals surface area contributed by atoms with Crippen LogP contribution in [0.4, 0.5) is 5.69 Å². The summed E-state index contributed by atoms with van der Waals surface area (Å²) in [6, 6.07) is 8.49. The lowest BCUT2D eigenvalue weighted by atomic mass is 10.3. The van der Waals surface area contributed by atoms with E-state index >= 15 is 0 Å². The minimum absolute atomic E-state index is 0.131. The molecular formula is C18H19ClN6O3. The number of aromatic nitrogens is 4. The Balaban J connectivity index is 1.66. The van der Waals surface area contributed by atoms with Crippen LogP contribution in [0.25, 0.3) is 0 Å². The molecule has 1 aromatic carbocycles. The molecule has 0 spiro atoms. The minimum Gasteiger partial charge on any atom is -0.471 e. The van der Waals surface area contributed by atoms with Crippen LogP contribution >= 0.6 is 11.6 Å². The molecule has 0 atom stereocenters. The van der Waals surface area contributed by atoms with E-state index in [0.29, 0.717) is 23.0 Å². The third-order valence-electron chi connectivity index (χ3n) is 3.83. The van der Waals surface area contributed by atoms with Gasteiger partial charge < -0.3 is 15.4 Å². The molecule has 0 aliphatic heterocycles. The Morgan fingerprint density at radius 3 is 2.54 bits per heavy atom. The number of benzene rings is 1. The van der Waals surface area contributed by atoms with E-state index in [1.165, 1.54) is 11.7 Å². The predicted molar refractivity (Wildman–Crippen MR) is 104 cm³/mol. The van der Waals surface area contributed by atoms with Crippen molar-refractivity contribution in [2.24, 2.45) is 0 Å². The van der Waals surface area contributed by atoms with Crippen molar-refractivity contribution in [1.29, 1.82) is 0 Å². The number of nitrogens with one attached hydrogen (secondary N) is 2. The van der Waals surface area contributed by atoms with Gasteiger partial charge in [-0.1, -0.05) is 11.6 Å². The van der Waals surface area contributed by atoms with Crippen molar-refractivity contribution in [3.05, 3.63) is 59.1 Å². The van der Waals surface area contributed by atoms with Crippen LogP contribution in [0.2, 0.25) is 5.02 Å². The van der Waals surface area contributed by atoms with Gasteiger partial charge in [0, 0.05) is 31.0 Å². The van der Waals surface area contributed by atoms with Gasteiger partial charge in [-0.25, -0.2) is 4.68 Å². The first-order valence-electron chi connectivity index (χ1n) is 8.53. The standard InChI is InChI=1S/C18H19ClN6O3/c1-3-24-10-15(16(23-24)18(27)20-2)21-17(26)14-8-9-25(22-14)11-28-13-6-4-12(19)5-7-13/h4-10H,3,11H2,1-2H3,(H,20,27)(H,21,26). The van der Waals surface area contributed by atoms with Gasteiger partial charge in [-0.15, -0.1) is 0 Å². The molecule has 9 nitrogen and oxygen atoms in total. The lowest BCUT2D eigenvalue weighted by Gasteiger charge is -2.06. The Morgan fingerprint density at radius 2 is 1.86 bits per heavy atom. The molecule has 0 aliphatic carbocycles. The van der Waals surface area contributed by atoms with Crippen molar-refractivity contribution >= 4 is 29.1 Å². The summed E-state index contributed by atoms with van der Waals surface area (Å²) >= 11 is 5.84. The number of aryl methyl sites for hydroxylation is 1. The van der Waals surface area contributed by atoms with Crippen molar-refractivity contribution in [2.75, 3.05) is 12.4 Å². The van der Waals surface area contributed by atoms with Gasteiger partial charge in [-0.2, -0.15) is 10.2 Å². The number of anilines is 1. The Morgan fingerprint density at radius 1 is 1.11 bits per heavy atom. The number of amides is 2. The molecule has 2 aromatic heterocycles. The molecule has 0 saturated carbocycles.